The number of hydrogen-bond acceptors (Lipinski definition) is 4. The van der Waals surface area contributed by atoms with E-state index in [1.165, 1.54) is 11.8 Å². The lowest BCUT2D eigenvalue weighted by molar-refractivity contribution is -0.121. The summed E-state index contributed by atoms with van der Waals surface area (Å²) < 4.78 is 0. The first-order chi connectivity index (χ1) is 8.66. The minimum atomic E-state index is -0.0414. The van der Waals surface area contributed by atoms with Crippen molar-refractivity contribution >= 4 is 22.9 Å². The Morgan fingerprint density at radius 1 is 1.67 bits per heavy atom. The molecule has 18 heavy (non-hydrogen) atoms. The predicted octanol–water partition coefficient (Wildman–Crippen LogP) is 0.893. The van der Waals surface area contributed by atoms with E-state index in [2.05, 4.69) is 15.5 Å². The molecule has 2 N–H and O–H groups in total. The standard InChI is InChI=1S/C11H16N4O2S/c1-8-9(7-13-14-8)6-12-10(16)2-3-15-4-5-18-11(15)17/h7H,2-6H2,1H3,(H,12,16)(H,13,14). The second kappa shape index (κ2) is 5.90. The highest BCUT2D eigenvalue weighted by Crippen LogP contribution is 2.16. The average molecular weight is 268 g/mol. The first-order valence-corrected chi connectivity index (χ1v) is 6.82. The molecule has 1 aromatic rings. The van der Waals surface area contributed by atoms with Crippen molar-refractivity contribution in [3.05, 3.63) is 17.5 Å². The number of amides is 2. The second-order valence-electron chi connectivity index (χ2n) is 4.15. The molecule has 1 aliphatic rings. The first kappa shape index (κ1) is 12.9. The number of hydrogen-bond donors (Lipinski definition) is 2. The van der Waals surface area contributed by atoms with Crippen molar-refractivity contribution in [3.63, 3.8) is 0 Å². The molecule has 0 unspecified atom stereocenters. The van der Waals surface area contributed by atoms with E-state index in [1.54, 1.807) is 11.1 Å². The SMILES string of the molecule is Cc1[nH]ncc1CNC(=O)CCN1CCSC1=O. The Labute approximate surface area is 109 Å². The van der Waals surface area contributed by atoms with Gasteiger partial charge in [0, 0.05) is 43.1 Å². The van der Waals surface area contributed by atoms with Gasteiger partial charge >= 0.3 is 0 Å². The van der Waals surface area contributed by atoms with Crippen molar-refractivity contribution in [2.45, 2.75) is 19.9 Å². The Morgan fingerprint density at radius 2 is 2.50 bits per heavy atom. The number of carbonyl (C=O) groups is 2. The lowest BCUT2D eigenvalue weighted by Crippen LogP contribution is -2.30. The van der Waals surface area contributed by atoms with E-state index in [9.17, 15) is 9.59 Å². The normalized spacial score (nSPS) is 15.2. The molecule has 6 nitrogen and oxygen atoms in total. The van der Waals surface area contributed by atoms with Crippen LogP contribution in [0.1, 0.15) is 17.7 Å². The molecule has 0 spiro atoms. The van der Waals surface area contributed by atoms with Gasteiger partial charge in [-0.05, 0) is 6.92 Å². The minimum absolute atomic E-state index is 0.0414. The van der Waals surface area contributed by atoms with Crippen molar-refractivity contribution < 1.29 is 9.59 Å². The third kappa shape index (κ3) is 3.25. The van der Waals surface area contributed by atoms with Crippen LogP contribution in [0.25, 0.3) is 0 Å². The summed E-state index contributed by atoms with van der Waals surface area (Å²) in [6.07, 6.45) is 2.06. The fourth-order valence-electron chi connectivity index (χ4n) is 1.70. The molecular formula is C11H16N4O2S. The second-order valence-corrected chi connectivity index (χ2v) is 5.19. The first-order valence-electron chi connectivity index (χ1n) is 5.84. The van der Waals surface area contributed by atoms with E-state index in [1.807, 2.05) is 6.92 Å². The molecule has 2 amide bonds. The highest BCUT2D eigenvalue weighted by atomic mass is 32.2. The number of rotatable bonds is 5. The molecule has 1 saturated heterocycles. The monoisotopic (exact) mass is 268 g/mol. The number of aryl methyl sites for hydroxylation is 1. The molecule has 0 atom stereocenters. The zero-order chi connectivity index (χ0) is 13.0. The molecule has 98 valence electrons. The summed E-state index contributed by atoms with van der Waals surface area (Å²) in [7, 11) is 0. The van der Waals surface area contributed by atoms with Gasteiger partial charge in [-0.15, -0.1) is 0 Å². The van der Waals surface area contributed by atoms with Crippen molar-refractivity contribution in [2.24, 2.45) is 0 Å². The Kier molecular flexibility index (Phi) is 4.24. The van der Waals surface area contributed by atoms with Crippen molar-refractivity contribution in [1.29, 1.82) is 0 Å². The van der Waals surface area contributed by atoms with E-state index in [0.29, 0.717) is 19.5 Å². The van der Waals surface area contributed by atoms with Gasteiger partial charge in [-0.1, -0.05) is 11.8 Å². The van der Waals surface area contributed by atoms with Gasteiger partial charge in [-0.3, -0.25) is 14.7 Å². The molecular weight excluding hydrogens is 252 g/mol. The third-order valence-corrected chi connectivity index (χ3v) is 3.76. The molecule has 0 aromatic carbocycles. The maximum absolute atomic E-state index is 11.6. The van der Waals surface area contributed by atoms with Crippen LogP contribution in [0.4, 0.5) is 4.79 Å². The topological polar surface area (TPSA) is 78.1 Å². The molecule has 1 aromatic heterocycles. The van der Waals surface area contributed by atoms with Crippen LogP contribution >= 0.6 is 11.8 Å². The van der Waals surface area contributed by atoms with E-state index in [4.69, 9.17) is 0 Å². The van der Waals surface area contributed by atoms with Gasteiger partial charge < -0.3 is 10.2 Å². The van der Waals surface area contributed by atoms with Crippen LogP contribution in [0, 0.1) is 6.92 Å². The highest BCUT2D eigenvalue weighted by Gasteiger charge is 2.21. The van der Waals surface area contributed by atoms with Gasteiger partial charge in [0.05, 0.1) is 6.20 Å². The fraction of sp³-hybridized carbons (Fsp3) is 0.545. The van der Waals surface area contributed by atoms with E-state index < -0.39 is 0 Å². The largest absolute Gasteiger partial charge is 0.352 e. The summed E-state index contributed by atoms with van der Waals surface area (Å²) in [6, 6.07) is 0. The number of aromatic nitrogens is 2. The summed E-state index contributed by atoms with van der Waals surface area (Å²) in [5.41, 5.74) is 1.94. The lowest BCUT2D eigenvalue weighted by atomic mass is 10.2. The molecule has 7 heteroatoms. The molecule has 2 heterocycles. The Hall–Kier alpha value is -1.50. The van der Waals surface area contributed by atoms with E-state index in [0.717, 1.165) is 23.6 Å². The number of nitrogens with zero attached hydrogens (tertiary/aromatic N) is 2. The fourth-order valence-corrected chi connectivity index (χ4v) is 2.55. The lowest BCUT2D eigenvalue weighted by Gasteiger charge is -2.13. The average Bonchev–Trinajstić information content (AvgIpc) is 2.93. The zero-order valence-corrected chi connectivity index (χ0v) is 11.0. The molecule has 1 aliphatic heterocycles. The van der Waals surface area contributed by atoms with Crippen LogP contribution < -0.4 is 5.32 Å². The molecule has 2 rings (SSSR count). The van der Waals surface area contributed by atoms with Crippen LogP contribution in [0.15, 0.2) is 6.20 Å². The predicted molar refractivity (Wildman–Crippen MR) is 69.2 cm³/mol. The molecule has 0 aliphatic carbocycles. The van der Waals surface area contributed by atoms with Crippen LogP contribution in [-0.4, -0.2) is 45.1 Å². The van der Waals surface area contributed by atoms with Gasteiger partial charge in [0.25, 0.3) is 5.24 Å². The van der Waals surface area contributed by atoms with Crippen LogP contribution in [0.2, 0.25) is 0 Å². The zero-order valence-electron chi connectivity index (χ0n) is 10.2. The van der Waals surface area contributed by atoms with Gasteiger partial charge in [0.1, 0.15) is 0 Å². The summed E-state index contributed by atoms with van der Waals surface area (Å²) >= 11 is 1.31. The van der Waals surface area contributed by atoms with Crippen molar-refractivity contribution in [1.82, 2.24) is 20.4 Å². The molecule has 0 radical (unpaired) electrons. The van der Waals surface area contributed by atoms with Crippen molar-refractivity contribution in [2.75, 3.05) is 18.8 Å². The maximum Gasteiger partial charge on any atom is 0.281 e. The van der Waals surface area contributed by atoms with Gasteiger partial charge in [0.2, 0.25) is 5.91 Å². The number of carbonyl (C=O) groups excluding carboxylic acids is 2. The Morgan fingerprint density at radius 3 is 3.11 bits per heavy atom. The van der Waals surface area contributed by atoms with Crippen LogP contribution in [0.3, 0.4) is 0 Å². The van der Waals surface area contributed by atoms with Crippen molar-refractivity contribution in [3.8, 4) is 0 Å². The summed E-state index contributed by atoms with van der Waals surface area (Å²) in [4.78, 5) is 24.7. The van der Waals surface area contributed by atoms with Crippen LogP contribution in [0.5, 0.6) is 0 Å². The van der Waals surface area contributed by atoms with E-state index in [-0.39, 0.29) is 11.1 Å². The third-order valence-electron chi connectivity index (χ3n) is 2.86. The number of aromatic amines is 1. The molecule has 1 fully saturated rings. The summed E-state index contributed by atoms with van der Waals surface area (Å²) in [5.74, 6) is 0.787. The van der Waals surface area contributed by atoms with Crippen LogP contribution in [-0.2, 0) is 11.3 Å². The number of thioether (sulfide) groups is 1. The quantitative estimate of drug-likeness (QED) is 0.831. The molecule has 0 saturated carbocycles. The number of H-pyrrole nitrogens is 1. The smallest absolute Gasteiger partial charge is 0.281 e. The summed E-state index contributed by atoms with van der Waals surface area (Å²) in [6.45, 7) is 3.64. The Bertz CT molecular complexity index is 446. The highest BCUT2D eigenvalue weighted by molar-refractivity contribution is 8.13. The van der Waals surface area contributed by atoms with Gasteiger partial charge in [-0.25, -0.2) is 0 Å². The minimum Gasteiger partial charge on any atom is -0.352 e. The number of nitrogens with one attached hydrogen (secondary N) is 2. The maximum atomic E-state index is 11.6. The van der Waals surface area contributed by atoms with E-state index >= 15 is 0 Å². The Balaban J connectivity index is 1.69. The summed E-state index contributed by atoms with van der Waals surface area (Å²) in [5, 5.41) is 9.60. The van der Waals surface area contributed by atoms with Gasteiger partial charge in [-0.2, -0.15) is 5.10 Å². The molecule has 0 bridgehead atoms. The van der Waals surface area contributed by atoms with Gasteiger partial charge in [0.15, 0.2) is 0 Å².